The third-order valence-corrected chi connectivity index (χ3v) is 5.62. The molecule has 0 amide bonds. The van der Waals surface area contributed by atoms with Crippen LogP contribution in [0.3, 0.4) is 0 Å². The standard InChI is InChI=1S/C22H22F3N7O2/c1-14-8-16(10-17(9-14)34-22(23,24)25)30-11-19(26-13-30)27-21-28-20(18-5-3-7-32(18)29-21)31-6-2-4-15(31)12-33/h3,5,7-11,13,15,33H,2,4,6,12H2,1H3,(H,27,29). The summed E-state index contributed by atoms with van der Waals surface area (Å²) in [6.45, 7) is 2.51. The molecule has 1 unspecified atom stereocenters. The molecule has 4 heterocycles. The van der Waals surface area contributed by atoms with Gasteiger partial charge < -0.3 is 24.6 Å². The molecular formula is C22H22F3N7O2. The SMILES string of the molecule is Cc1cc(OC(F)(F)F)cc(-n2cnc(Nc3nc(N4CCCC4CO)c4cccn4n3)c2)c1. The van der Waals surface area contributed by atoms with E-state index in [-0.39, 0.29) is 18.4 Å². The van der Waals surface area contributed by atoms with E-state index in [4.69, 9.17) is 0 Å². The van der Waals surface area contributed by atoms with Gasteiger partial charge in [0.2, 0.25) is 5.95 Å². The van der Waals surface area contributed by atoms with E-state index in [0.717, 1.165) is 24.9 Å². The van der Waals surface area contributed by atoms with Gasteiger partial charge >= 0.3 is 6.36 Å². The number of nitrogens with zero attached hydrogens (tertiary/aromatic N) is 6. The summed E-state index contributed by atoms with van der Waals surface area (Å²) in [6, 6.07) is 8.10. The summed E-state index contributed by atoms with van der Waals surface area (Å²) < 4.78 is 45.3. The molecule has 0 aliphatic carbocycles. The van der Waals surface area contributed by atoms with Gasteiger partial charge in [0.05, 0.1) is 24.5 Å². The molecule has 5 rings (SSSR count). The molecule has 0 spiro atoms. The predicted octanol–water partition coefficient (Wildman–Crippen LogP) is 3.83. The normalized spacial score (nSPS) is 16.4. The van der Waals surface area contributed by atoms with Crippen molar-refractivity contribution >= 4 is 23.1 Å². The topological polar surface area (TPSA) is 92.7 Å². The minimum atomic E-state index is -4.77. The van der Waals surface area contributed by atoms with Crippen LogP contribution in [0, 0.1) is 6.92 Å². The second-order valence-electron chi connectivity index (χ2n) is 8.11. The number of hydrogen-bond donors (Lipinski definition) is 2. The quantitative estimate of drug-likeness (QED) is 0.440. The number of halogens is 3. The van der Waals surface area contributed by atoms with Gasteiger partial charge in [0.15, 0.2) is 11.6 Å². The maximum atomic E-state index is 12.6. The first kappa shape index (κ1) is 22.0. The lowest BCUT2D eigenvalue weighted by molar-refractivity contribution is -0.274. The molecule has 0 bridgehead atoms. The number of aliphatic hydroxyl groups excluding tert-OH is 1. The first-order chi connectivity index (χ1) is 16.3. The van der Waals surface area contributed by atoms with Gasteiger partial charge in [0.1, 0.15) is 17.6 Å². The first-order valence-corrected chi connectivity index (χ1v) is 10.7. The van der Waals surface area contributed by atoms with E-state index in [1.54, 1.807) is 28.3 Å². The van der Waals surface area contributed by atoms with Crippen LogP contribution in [0.2, 0.25) is 0 Å². The molecule has 3 aromatic heterocycles. The lowest BCUT2D eigenvalue weighted by atomic mass is 10.2. The maximum Gasteiger partial charge on any atom is 0.573 e. The average Bonchev–Trinajstić information content (AvgIpc) is 3.52. The van der Waals surface area contributed by atoms with E-state index in [1.165, 1.54) is 18.5 Å². The second-order valence-corrected chi connectivity index (χ2v) is 8.11. The molecule has 1 fully saturated rings. The lowest BCUT2D eigenvalue weighted by Crippen LogP contribution is -2.33. The number of anilines is 3. The number of ether oxygens (including phenoxy) is 1. The molecule has 2 N–H and O–H groups in total. The fourth-order valence-corrected chi connectivity index (χ4v) is 4.20. The van der Waals surface area contributed by atoms with Crippen LogP contribution in [0.5, 0.6) is 5.75 Å². The van der Waals surface area contributed by atoms with Crippen LogP contribution in [0.25, 0.3) is 11.2 Å². The first-order valence-electron chi connectivity index (χ1n) is 10.7. The number of imidazole rings is 1. The summed E-state index contributed by atoms with van der Waals surface area (Å²) in [5.74, 6) is 1.13. The van der Waals surface area contributed by atoms with Crippen molar-refractivity contribution < 1.29 is 23.0 Å². The number of nitrogens with one attached hydrogen (secondary N) is 1. The Labute approximate surface area is 192 Å². The van der Waals surface area contributed by atoms with Crippen molar-refractivity contribution in [3.05, 3.63) is 54.6 Å². The van der Waals surface area contributed by atoms with Crippen LogP contribution in [0.4, 0.5) is 30.8 Å². The number of rotatable bonds is 6. The number of aromatic nitrogens is 5. The van der Waals surface area contributed by atoms with Crippen molar-refractivity contribution in [2.24, 2.45) is 0 Å². The summed E-state index contributed by atoms with van der Waals surface area (Å²) >= 11 is 0. The van der Waals surface area contributed by atoms with Crippen LogP contribution >= 0.6 is 0 Å². The smallest absolute Gasteiger partial charge is 0.406 e. The summed E-state index contributed by atoms with van der Waals surface area (Å²) in [5, 5.41) is 17.3. The zero-order valence-corrected chi connectivity index (χ0v) is 18.2. The van der Waals surface area contributed by atoms with Crippen molar-refractivity contribution in [2.45, 2.75) is 32.2 Å². The molecule has 1 aliphatic rings. The van der Waals surface area contributed by atoms with E-state index in [1.807, 2.05) is 18.3 Å². The van der Waals surface area contributed by atoms with Crippen LogP contribution in [-0.4, -0.2) is 54.8 Å². The number of alkyl halides is 3. The third-order valence-electron chi connectivity index (χ3n) is 5.62. The largest absolute Gasteiger partial charge is 0.573 e. The van der Waals surface area contributed by atoms with E-state index < -0.39 is 6.36 Å². The van der Waals surface area contributed by atoms with Gasteiger partial charge in [0, 0.05) is 18.8 Å². The molecule has 4 aromatic rings. The Morgan fingerprint density at radius 2 is 2.12 bits per heavy atom. The second kappa shape index (κ2) is 8.52. The maximum absolute atomic E-state index is 12.6. The summed E-state index contributed by atoms with van der Waals surface area (Å²) in [4.78, 5) is 11.0. The fourth-order valence-electron chi connectivity index (χ4n) is 4.20. The van der Waals surface area contributed by atoms with E-state index in [2.05, 4.69) is 30.0 Å². The average molecular weight is 473 g/mol. The fraction of sp³-hybridized carbons (Fsp3) is 0.318. The van der Waals surface area contributed by atoms with Gasteiger partial charge in [-0.3, -0.25) is 0 Å². The molecule has 1 saturated heterocycles. The van der Waals surface area contributed by atoms with Crippen molar-refractivity contribution in [1.29, 1.82) is 0 Å². The summed E-state index contributed by atoms with van der Waals surface area (Å²) in [5.41, 5.74) is 1.90. The van der Waals surface area contributed by atoms with Gasteiger partial charge in [0.25, 0.3) is 0 Å². The molecule has 12 heteroatoms. The molecule has 1 aromatic carbocycles. The number of aliphatic hydroxyl groups is 1. The minimum Gasteiger partial charge on any atom is -0.406 e. The zero-order chi connectivity index (χ0) is 23.9. The Kier molecular flexibility index (Phi) is 5.52. The number of aryl methyl sites for hydroxylation is 1. The molecule has 0 radical (unpaired) electrons. The van der Waals surface area contributed by atoms with Gasteiger partial charge in [-0.25, -0.2) is 9.50 Å². The van der Waals surface area contributed by atoms with Crippen LogP contribution in [0.1, 0.15) is 18.4 Å². The Bertz CT molecular complexity index is 1320. The predicted molar refractivity (Wildman–Crippen MR) is 119 cm³/mol. The van der Waals surface area contributed by atoms with Gasteiger partial charge in [-0.1, -0.05) is 0 Å². The van der Waals surface area contributed by atoms with Crippen LogP contribution in [0.15, 0.2) is 49.1 Å². The lowest BCUT2D eigenvalue weighted by Gasteiger charge is -2.25. The van der Waals surface area contributed by atoms with E-state index in [9.17, 15) is 18.3 Å². The molecule has 9 nitrogen and oxygen atoms in total. The Morgan fingerprint density at radius 3 is 2.91 bits per heavy atom. The molecule has 1 aliphatic heterocycles. The Morgan fingerprint density at radius 1 is 1.26 bits per heavy atom. The Balaban J connectivity index is 1.43. The number of hydrogen-bond acceptors (Lipinski definition) is 7. The molecule has 34 heavy (non-hydrogen) atoms. The highest BCUT2D eigenvalue weighted by atomic mass is 19.4. The highest BCUT2D eigenvalue weighted by molar-refractivity contribution is 5.71. The minimum absolute atomic E-state index is 0.00454. The number of fused-ring (bicyclic) bond motifs is 1. The molecule has 1 atom stereocenters. The third kappa shape index (κ3) is 4.49. The van der Waals surface area contributed by atoms with E-state index >= 15 is 0 Å². The highest BCUT2D eigenvalue weighted by Crippen LogP contribution is 2.30. The monoisotopic (exact) mass is 473 g/mol. The number of benzene rings is 1. The zero-order valence-electron chi connectivity index (χ0n) is 18.2. The van der Waals surface area contributed by atoms with Gasteiger partial charge in [-0.2, -0.15) is 4.98 Å². The highest BCUT2D eigenvalue weighted by Gasteiger charge is 2.31. The van der Waals surface area contributed by atoms with Crippen molar-refractivity contribution in [3.63, 3.8) is 0 Å². The molecular weight excluding hydrogens is 451 g/mol. The molecule has 178 valence electrons. The molecule has 0 saturated carbocycles. The van der Waals surface area contributed by atoms with Crippen LogP contribution < -0.4 is 15.0 Å². The van der Waals surface area contributed by atoms with Crippen molar-refractivity contribution in [1.82, 2.24) is 24.1 Å². The Hall–Kier alpha value is -3.80. The van der Waals surface area contributed by atoms with Crippen molar-refractivity contribution in [3.8, 4) is 11.4 Å². The van der Waals surface area contributed by atoms with Crippen molar-refractivity contribution in [2.75, 3.05) is 23.4 Å². The van der Waals surface area contributed by atoms with Crippen LogP contribution in [-0.2, 0) is 0 Å². The van der Waals surface area contributed by atoms with Gasteiger partial charge in [-0.15, -0.1) is 18.3 Å². The summed E-state index contributed by atoms with van der Waals surface area (Å²) in [7, 11) is 0. The van der Waals surface area contributed by atoms with E-state index in [0.29, 0.717) is 28.8 Å². The summed E-state index contributed by atoms with van der Waals surface area (Å²) in [6.07, 6.45) is 1.99. The van der Waals surface area contributed by atoms with Gasteiger partial charge in [-0.05, 0) is 49.6 Å².